The lowest BCUT2D eigenvalue weighted by Gasteiger charge is -2.12. The number of ether oxygens (including phenoxy) is 1. The van der Waals surface area contributed by atoms with Crippen molar-refractivity contribution in [3.05, 3.63) is 5.82 Å². The number of carbonyl (C=O) groups is 1. The first kappa shape index (κ1) is 15.0. The Morgan fingerprint density at radius 2 is 2.28 bits per heavy atom. The van der Waals surface area contributed by atoms with Crippen LogP contribution in [0.25, 0.3) is 0 Å². The summed E-state index contributed by atoms with van der Waals surface area (Å²) in [4.78, 5) is 10.6. The minimum absolute atomic E-state index is 0.00831. The first-order valence-electron chi connectivity index (χ1n) is 5.86. The number of hydrogen-bond donors (Lipinski definition) is 1. The molecule has 7 heteroatoms. The predicted octanol–water partition coefficient (Wildman–Crippen LogP) is 1.61. The van der Waals surface area contributed by atoms with E-state index in [1.807, 2.05) is 4.57 Å². The number of carboxylic acids is 1. The molecular formula is C11H19N3O3S. The molecule has 1 atom stereocenters. The molecule has 1 N–H and O–H groups in total. The molecule has 102 valence electrons. The molecule has 0 aliphatic rings. The molecule has 18 heavy (non-hydrogen) atoms. The molecule has 1 aromatic rings. The maximum Gasteiger partial charge on any atom is 0.313 e. The van der Waals surface area contributed by atoms with Gasteiger partial charge in [0.15, 0.2) is 5.16 Å². The molecule has 0 fully saturated rings. The van der Waals surface area contributed by atoms with Gasteiger partial charge < -0.3 is 14.4 Å². The number of nitrogens with zero attached hydrogens (tertiary/aromatic N) is 3. The van der Waals surface area contributed by atoms with Gasteiger partial charge in [0.25, 0.3) is 0 Å². The Labute approximate surface area is 111 Å². The topological polar surface area (TPSA) is 77.2 Å². The fraction of sp³-hybridized carbons (Fsp3) is 0.727. The lowest BCUT2D eigenvalue weighted by Crippen LogP contribution is -2.12. The zero-order valence-electron chi connectivity index (χ0n) is 10.9. The SMILES string of the molecule is CCC(C)c1nnc(SCC(=O)O)n1CCOC. The maximum absolute atomic E-state index is 10.6. The zero-order valence-corrected chi connectivity index (χ0v) is 11.7. The third kappa shape index (κ3) is 3.99. The molecule has 0 radical (unpaired) electrons. The summed E-state index contributed by atoms with van der Waals surface area (Å²) < 4.78 is 7.01. The van der Waals surface area contributed by atoms with Crippen molar-refractivity contribution >= 4 is 17.7 Å². The van der Waals surface area contributed by atoms with Gasteiger partial charge in [-0.15, -0.1) is 10.2 Å². The molecule has 1 unspecified atom stereocenters. The highest BCUT2D eigenvalue weighted by atomic mass is 32.2. The standard InChI is InChI=1S/C11H19N3O3S/c1-4-8(2)10-12-13-11(18-7-9(15)16)14(10)5-6-17-3/h8H,4-7H2,1-3H3,(H,15,16). The van der Waals surface area contributed by atoms with E-state index in [0.717, 1.165) is 12.2 Å². The van der Waals surface area contributed by atoms with Crippen LogP contribution in [0.4, 0.5) is 0 Å². The summed E-state index contributed by atoms with van der Waals surface area (Å²) in [6.07, 6.45) is 0.967. The van der Waals surface area contributed by atoms with Crippen molar-refractivity contribution in [2.24, 2.45) is 0 Å². The Morgan fingerprint density at radius 3 is 2.83 bits per heavy atom. The van der Waals surface area contributed by atoms with E-state index in [4.69, 9.17) is 9.84 Å². The lowest BCUT2D eigenvalue weighted by molar-refractivity contribution is -0.133. The number of aliphatic carboxylic acids is 1. The van der Waals surface area contributed by atoms with Crippen LogP contribution in [0.15, 0.2) is 5.16 Å². The summed E-state index contributed by atoms with van der Waals surface area (Å²) in [6.45, 7) is 5.37. The maximum atomic E-state index is 10.6. The van der Waals surface area contributed by atoms with Crippen molar-refractivity contribution in [2.45, 2.75) is 37.9 Å². The van der Waals surface area contributed by atoms with Gasteiger partial charge in [-0.25, -0.2) is 0 Å². The van der Waals surface area contributed by atoms with Crippen molar-refractivity contribution in [1.29, 1.82) is 0 Å². The van der Waals surface area contributed by atoms with Crippen LogP contribution in [-0.2, 0) is 16.1 Å². The van der Waals surface area contributed by atoms with Crippen molar-refractivity contribution < 1.29 is 14.6 Å². The van der Waals surface area contributed by atoms with Crippen LogP contribution in [0.5, 0.6) is 0 Å². The molecule has 0 spiro atoms. The highest BCUT2D eigenvalue weighted by molar-refractivity contribution is 7.99. The van der Waals surface area contributed by atoms with Gasteiger partial charge in [0, 0.05) is 19.6 Å². The summed E-state index contributed by atoms with van der Waals surface area (Å²) in [5.41, 5.74) is 0. The Balaban J connectivity index is 2.87. The van der Waals surface area contributed by atoms with Crippen LogP contribution in [0.2, 0.25) is 0 Å². The first-order chi connectivity index (χ1) is 8.60. The minimum atomic E-state index is -0.855. The number of methoxy groups -OCH3 is 1. The third-order valence-electron chi connectivity index (χ3n) is 2.64. The lowest BCUT2D eigenvalue weighted by atomic mass is 10.1. The van der Waals surface area contributed by atoms with Gasteiger partial charge in [-0.2, -0.15) is 0 Å². The van der Waals surface area contributed by atoms with E-state index in [0.29, 0.717) is 24.2 Å². The number of hydrogen-bond acceptors (Lipinski definition) is 5. The number of aromatic nitrogens is 3. The highest BCUT2D eigenvalue weighted by Crippen LogP contribution is 2.23. The summed E-state index contributed by atoms with van der Waals surface area (Å²) in [5.74, 6) is 0.327. The van der Waals surface area contributed by atoms with E-state index in [-0.39, 0.29) is 5.75 Å². The molecule has 0 amide bonds. The summed E-state index contributed by atoms with van der Waals surface area (Å²) in [5, 5.41) is 17.6. The molecule has 0 aliphatic heterocycles. The van der Waals surface area contributed by atoms with Crippen LogP contribution >= 0.6 is 11.8 Å². The van der Waals surface area contributed by atoms with Gasteiger partial charge in [0.1, 0.15) is 5.82 Å². The second-order valence-corrected chi connectivity index (χ2v) is 4.92. The Hall–Kier alpha value is -1.08. The molecule has 1 heterocycles. The Kier molecular flexibility index (Phi) is 6.14. The van der Waals surface area contributed by atoms with Crippen LogP contribution in [-0.4, -0.2) is 45.3 Å². The molecular weight excluding hydrogens is 254 g/mol. The zero-order chi connectivity index (χ0) is 13.5. The normalized spacial score (nSPS) is 12.6. The van der Waals surface area contributed by atoms with Crippen molar-refractivity contribution in [2.75, 3.05) is 19.5 Å². The molecule has 1 rings (SSSR count). The second-order valence-electron chi connectivity index (χ2n) is 3.98. The van der Waals surface area contributed by atoms with E-state index in [1.165, 1.54) is 11.8 Å². The molecule has 0 saturated heterocycles. The average Bonchev–Trinajstić information content (AvgIpc) is 2.75. The fourth-order valence-corrected chi connectivity index (χ4v) is 2.16. The number of thioether (sulfide) groups is 1. The molecule has 0 aliphatic carbocycles. The first-order valence-corrected chi connectivity index (χ1v) is 6.85. The molecule has 0 aromatic carbocycles. The average molecular weight is 273 g/mol. The predicted molar refractivity (Wildman–Crippen MR) is 69.0 cm³/mol. The highest BCUT2D eigenvalue weighted by Gasteiger charge is 2.17. The van der Waals surface area contributed by atoms with Crippen LogP contribution in [0.1, 0.15) is 32.0 Å². The summed E-state index contributed by atoms with van der Waals surface area (Å²) in [6, 6.07) is 0. The van der Waals surface area contributed by atoms with Crippen molar-refractivity contribution in [3.8, 4) is 0 Å². The van der Waals surface area contributed by atoms with Gasteiger partial charge in [0.2, 0.25) is 0 Å². The van der Waals surface area contributed by atoms with E-state index in [9.17, 15) is 4.79 Å². The molecule has 6 nitrogen and oxygen atoms in total. The summed E-state index contributed by atoms with van der Waals surface area (Å²) in [7, 11) is 1.64. The summed E-state index contributed by atoms with van der Waals surface area (Å²) >= 11 is 1.19. The molecule has 0 saturated carbocycles. The Morgan fingerprint density at radius 1 is 1.56 bits per heavy atom. The minimum Gasteiger partial charge on any atom is -0.481 e. The van der Waals surface area contributed by atoms with Crippen molar-refractivity contribution in [1.82, 2.24) is 14.8 Å². The molecule has 1 aromatic heterocycles. The van der Waals surface area contributed by atoms with Gasteiger partial charge >= 0.3 is 5.97 Å². The number of carboxylic acid groups (broad SMARTS) is 1. The largest absolute Gasteiger partial charge is 0.481 e. The van der Waals surface area contributed by atoms with E-state index in [1.54, 1.807) is 7.11 Å². The number of rotatable bonds is 8. The van der Waals surface area contributed by atoms with Gasteiger partial charge in [-0.05, 0) is 6.42 Å². The van der Waals surface area contributed by atoms with E-state index < -0.39 is 5.97 Å². The van der Waals surface area contributed by atoms with E-state index in [2.05, 4.69) is 24.0 Å². The quantitative estimate of drug-likeness (QED) is 0.725. The van der Waals surface area contributed by atoms with Crippen LogP contribution in [0.3, 0.4) is 0 Å². The fourth-order valence-electron chi connectivity index (χ4n) is 1.47. The van der Waals surface area contributed by atoms with Gasteiger partial charge in [-0.3, -0.25) is 4.79 Å². The third-order valence-corrected chi connectivity index (χ3v) is 3.59. The van der Waals surface area contributed by atoms with Crippen LogP contribution < -0.4 is 0 Å². The van der Waals surface area contributed by atoms with Gasteiger partial charge in [0.05, 0.1) is 12.4 Å². The second kappa shape index (κ2) is 7.38. The molecule has 0 bridgehead atoms. The Bertz CT molecular complexity index is 395. The smallest absolute Gasteiger partial charge is 0.313 e. The van der Waals surface area contributed by atoms with E-state index >= 15 is 0 Å². The monoisotopic (exact) mass is 273 g/mol. The van der Waals surface area contributed by atoms with Crippen molar-refractivity contribution in [3.63, 3.8) is 0 Å². The van der Waals surface area contributed by atoms with Gasteiger partial charge in [-0.1, -0.05) is 25.6 Å². The van der Waals surface area contributed by atoms with Crippen LogP contribution in [0, 0.1) is 0 Å².